The number of aromatic nitrogens is 2. The van der Waals surface area contributed by atoms with Crippen LogP contribution in [0.1, 0.15) is 30.6 Å². The molecule has 1 amide bonds. The predicted molar refractivity (Wildman–Crippen MR) is 102 cm³/mol. The van der Waals surface area contributed by atoms with Crippen LogP contribution in [0.15, 0.2) is 36.7 Å². The lowest BCUT2D eigenvalue weighted by Crippen LogP contribution is -2.29. The molecule has 31 heavy (non-hydrogen) atoms. The molecule has 1 N–H and O–H groups in total. The van der Waals surface area contributed by atoms with Crippen molar-refractivity contribution in [1.29, 1.82) is 0 Å². The van der Waals surface area contributed by atoms with Crippen molar-refractivity contribution >= 4 is 11.7 Å². The van der Waals surface area contributed by atoms with Crippen LogP contribution in [-0.4, -0.2) is 47.7 Å². The van der Waals surface area contributed by atoms with Crippen molar-refractivity contribution in [1.82, 2.24) is 15.3 Å². The SMILES string of the molecule is C[C@@H](NC(=O)Cc1ccc(N2CCC(F)(F)C2)nc1)c1ccc(OCC(F)(F)F)cn1. The number of carbonyl (C=O) groups excluding carboxylic acids is 1. The topological polar surface area (TPSA) is 67.4 Å². The fraction of sp³-hybridized carbons (Fsp3) is 0.450. The van der Waals surface area contributed by atoms with Crippen LogP contribution in [-0.2, 0) is 11.2 Å². The summed E-state index contributed by atoms with van der Waals surface area (Å²) in [5, 5.41) is 2.74. The zero-order valence-corrected chi connectivity index (χ0v) is 16.6. The first-order chi connectivity index (χ1) is 14.5. The molecular formula is C20H21F5N4O2. The quantitative estimate of drug-likeness (QED) is 0.660. The van der Waals surface area contributed by atoms with E-state index in [1.54, 1.807) is 19.1 Å². The van der Waals surface area contributed by atoms with Gasteiger partial charge in [-0.2, -0.15) is 13.2 Å². The average molecular weight is 444 g/mol. The highest BCUT2D eigenvalue weighted by molar-refractivity contribution is 5.78. The van der Waals surface area contributed by atoms with Gasteiger partial charge < -0.3 is 15.0 Å². The second-order valence-corrected chi connectivity index (χ2v) is 7.34. The summed E-state index contributed by atoms with van der Waals surface area (Å²) in [6.45, 7) is 0.132. The highest BCUT2D eigenvalue weighted by atomic mass is 19.4. The van der Waals surface area contributed by atoms with E-state index in [-0.39, 0.29) is 37.6 Å². The zero-order valence-electron chi connectivity index (χ0n) is 16.6. The number of alkyl halides is 5. The molecule has 0 unspecified atom stereocenters. The molecule has 2 aromatic rings. The van der Waals surface area contributed by atoms with Crippen LogP contribution in [0.5, 0.6) is 5.75 Å². The van der Waals surface area contributed by atoms with Crippen LogP contribution in [0.2, 0.25) is 0 Å². The number of nitrogens with zero attached hydrogens (tertiary/aromatic N) is 3. The Labute approximate surface area is 175 Å². The Bertz CT molecular complexity index is 888. The van der Waals surface area contributed by atoms with E-state index >= 15 is 0 Å². The molecule has 0 bridgehead atoms. The monoisotopic (exact) mass is 444 g/mol. The lowest BCUT2D eigenvalue weighted by atomic mass is 10.1. The number of halogens is 5. The molecule has 3 heterocycles. The van der Waals surface area contributed by atoms with Gasteiger partial charge in [-0.05, 0) is 30.7 Å². The van der Waals surface area contributed by atoms with Crippen molar-refractivity contribution < 1.29 is 31.5 Å². The summed E-state index contributed by atoms with van der Waals surface area (Å²) in [5.74, 6) is -2.62. The summed E-state index contributed by atoms with van der Waals surface area (Å²) in [4.78, 5) is 22.0. The smallest absolute Gasteiger partial charge is 0.422 e. The summed E-state index contributed by atoms with van der Waals surface area (Å²) in [6, 6.07) is 5.60. The summed E-state index contributed by atoms with van der Waals surface area (Å²) in [6.07, 6.45) is -1.98. The highest BCUT2D eigenvalue weighted by Gasteiger charge is 2.38. The van der Waals surface area contributed by atoms with Crippen molar-refractivity contribution in [3.8, 4) is 5.75 Å². The number of nitrogens with one attached hydrogen (secondary N) is 1. The van der Waals surface area contributed by atoms with E-state index in [0.717, 1.165) is 6.20 Å². The summed E-state index contributed by atoms with van der Waals surface area (Å²) in [5.41, 5.74) is 1.07. The molecule has 1 aliphatic rings. The minimum absolute atomic E-state index is 0.0264. The van der Waals surface area contributed by atoms with E-state index in [0.29, 0.717) is 17.1 Å². The first-order valence-corrected chi connectivity index (χ1v) is 9.53. The average Bonchev–Trinajstić information content (AvgIpc) is 3.06. The van der Waals surface area contributed by atoms with Gasteiger partial charge in [0.2, 0.25) is 5.91 Å². The van der Waals surface area contributed by atoms with Gasteiger partial charge in [0.15, 0.2) is 6.61 Å². The predicted octanol–water partition coefficient (Wildman–Crippen LogP) is 3.68. The molecule has 1 atom stereocenters. The van der Waals surface area contributed by atoms with Crippen molar-refractivity contribution in [2.45, 2.75) is 37.9 Å². The zero-order chi connectivity index (χ0) is 22.6. The number of ether oxygens (including phenoxy) is 1. The van der Waals surface area contributed by atoms with E-state index in [2.05, 4.69) is 20.0 Å². The van der Waals surface area contributed by atoms with E-state index in [1.807, 2.05) is 0 Å². The first kappa shape index (κ1) is 22.7. The minimum atomic E-state index is -4.44. The van der Waals surface area contributed by atoms with Gasteiger partial charge in [-0.3, -0.25) is 9.78 Å². The normalized spacial score (nSPS) is 16.8. The fourth-order valence-electron chi connectivity index (χ4n) is 3.09. The van der Waals surface area contributed by atoms with E-state index < -0.39 is 24.7 Å². The van der Waals surface area contributed by atoms with Crippen LogP contribution in [0.4, 0.5) is 27.8 Å². The molecule has 0 aromatic carbocycles. The van der Waals surface area contributed by atoms with Crippen molar-refractivity contribution in [3.05, 3.63) is 47.9 Å². The Morgan fingerprint density at radius 3 is 2.55 bits per heavy atom. The van der Waals surface area contributed by atoms with Gasteiger partial charge in [0.05, 0.1) is 30.9 Å². The standard InChI is InChI=1S/C20H21F5N4O2/c1-13(16-4-3-15(10-26-16)31-12-20(23,24)25)28-18(30)8-14-2-5-17(27-9-14)29-7-6-19(21,22)11-29/h2-5,9-10,13H,6-8,11-12H2,1H3,(H,28,30)/t13-/m1/s1. The summed E-state index contributed by atoms with van der Waals surface area (Å²) < 4.78 is 67.8. The van der Waals surface area contributed by atoms with E-state index in [9.17, 15) is 26.7 Å². The lowest BCUT2D eigenvalue weighted by molar-refractivity contribution is -0.153. The molecule has 6 nitrogen and oxygen atoms in total. The number of hydrogen-bond donors (Lipinski definition) is 1. The molecule has 0 radical (unpaired) electrons. The van der Waals surface area contributed by atoms with Crippen LogP contribution in [0, 0.1) is 0 Å². The van der Waals surface area contributed by atoms with Crippen LogP contribution in [0.3, 0.4) is 0 Å². The molecule has 0 aliphatic carbocycles. The maximum Gasteiger partial charge on any atom is 0.422 e. The minimum Gasteiger partial charge on any atom is -0.483 e. The number of anilines is 1. The van der Waals surface area contributed by atoms with Gasteiger partial charge in [-0.25, -0.2) is 13.8 Å². The molecule has 11 heteroatoms. The number of amides is 1. The molecule has 1 saturated heterocycles. The molecule has 3 rings (SSSR count). The molecule has 0 spiro atoms. The van der Waals surface area contributed by atoms with E-state index in [4.69, 9.17) is 0 Å². The van der Waals surface area contributed by atoms with Crippen molar-refractivity contribution in [2.24, 2.45) is 0 Å². The Kier molecular flexibility index (Phi) is 6.61. The molecule has 1 fully saturated rings. The second-order valence-electron chi connectivity index (χ2n) is 7.34. The number of pyridine rings is 2. The molecule has 2 aromatic heterocycles. The maximum atomic E-state index is 13.3. The Hall–Kier alpha value is -2.98. The summed E-state index contributed by atoms with van der Waals surface area (Å²) >= 11 is 0. The van der Waals surface area contributed by atoms with Crippen LogP contribution >= 0.6 is 0 Å². The van der Waals surface area contributed by atoms with Gasteiger partial charge in [0.1, 0.15) is 11.6 Å². The Morgan fingerprint density at radius 2 is 2.00 bits per heavy atom. The van der Waals surface area contributed by atoms with Gasteiger partial charge in [0.25, 0.3) is 5.92 Å². The van der Waals surface area contributed by atoms with Crippen LogP contribution < -0.4 is 15.0 Å². The van der Waals surface area contributed by atoms with Gasteiger partial charge in [-0.1, -0.05) is 6.07 Å². The number of carbonyl (C=O) groups is 1. The fourth-order valence-corrected chi connectivity index (χ4v) is 3.09. The first-order valence-electron chi connectivity index (χ1n) is 9.53. The Balaban J connectivity index is 1.50. The van der Waals surface area contributed by atoms with Gasteiger partial charge in [-0.15, -0.1) is 0 Å². The van der Waals surface area contributed by atoms with Gasteiger partial charge in [0, 0.05) is 19.2 Å². The molecule has 0 saturated carbocycles. The van der Waals surface area contributed by atoms with Crippen molar-refractivity contribution in [2.75, 3.05) is 24.6 Å². The summed E-state index contributed by atoms with van der Waals surface area (Å²) in [7, 11) is 0. The third-order valence-electron chi connectivity index (χ3n) is 4.65. The van der Waals surface area contributed by atoms with E-state index in [1.165, 1.54) is 23.2 Å². The highest BCUT2D eigenvalue weighted by Crippen LogP contribution is 2.29. The lowest BCUT2D eigenvalue weighted by Gasteiger charge is -2.17. The van der Waals surface area contributed by atoms with Gasteiger partial charge >= 0.3 is 6.18 Å². The number of rotatable bonds is 7. The Morgan fingerprint density at radius 1 is 1.23 bits per heavy atom. The molecule has 1 aliphatic heterocycles. The molecule has 168 valence electrons. The molecular weight excluding hydrogens is 423 g/mol. The largest absolute Gasteiger partial charge is 0.483 e. The number of hydrogen-bond acceptors (Lipinski definition) is 5. The third kappa shape index (κ3) is 6.76. The van der Waals surface area contributed by atoms with Crippen LogP contribution in [0.25, 0.3) is 0 Å². The van der Waals surface area contributed by atoms with Crippen molar-refractivity contribution in [3.63, 3.8) is 0 Å². The second kappa shape index (κ2) is 9.03. The third-order valence-corrected chi connectivity index (χ3v) is 4.65. The maximum absolute atomic E-state index is 13.3.